The van der Waals surface area contributed by atoms with Crippen LogP contribution in [-0.4, -0.2) is 47.6 Å². The molecule has 0 radical (unpaired) electrons. The molecule has 35 heavy (non-hydrogen) atoms. The second-order valence-corrected chi connectivity index (χ2v) is 7.65. The molecule has 0 unspecified atom stereocenters. The summed E-state index contributed by atoms with van der Waals surface area (Å²) in [4.78, 5) is 32.7. The highest BCUT2D eigenvalue weighted by Crippen LogP contribution is 2.25. The number of pyridine rings is 1. The highest BCUT2D eigenvalue weighted by atomic mass is 35.5. The zero-order chi connectivity index (χ0) is 24.8. The monoisotopic (exact) mass is 501 g/mol. The van der Waals surface area contributed by atoms with Crippen LogP contribution in [0.4, 0.5) is 14.6 Å². The first-order valence-electron chi connectivity index (χ1n) is 10.2. The lowest BCUT2D eigenvalue weighted by atomic mass is 10.1. The molecule has 14 heteroatoms. The Kier molecular flexibility index (Phi) is 7.06. The Hall–Kier alpha value is -4.26. The minimum absolute atomic E-state index is 0.113. The third-order valence-corrected chi connectivity index (χ3v) is 5.21. The highest BCUT2D eigenvalue weighted by molar-refractivity contribution is 6.29. The van der Waals surface area contributed by atoms with Crippen LogP contribution in [0.25, 0.3) is 11.4 Å². The summed E-state index contributed by atoms with van der Waals surface area (Å²) in [6.45, 7) is -1.26. The van der Waals surface area contributed by atoms with Gasteiger partial charge in [0.2, 0.25) is 11.7 Å². The second kappa shape index (κ2) is 10.3. The van der Waals surface area contributed by atoms with Crippen LogP contribution < -0.4 is 16.2 Å². The number of rotatable bonds is 9. The van der Waals surface area contributed by atoms with Gasteiger partial charge in [0.15, 0.2) is 5.82 Å². The third kappa shape index (κ3) is 5.63. The van der Waals surface area contributed by atoms with Crippen LogP contribution in [0.5, 0.6) is 0 Å². The topological polar surface area (TPSA) is 143 Å². The molecular formula is C21H18ClF2N9O2. The van der Waals surface area contributed by atoms with Crippen molar-refractivity contribution in [1.29, 1.82) is 0 Å². The number of benzene rings is 1. The van der Waals surface area contributed by atoms with Crippen molar-refractivity contribution in [3.8, 4) is 11.4 Å². The number of carbonyl (C=O) groups is 1. The minimum Gasteiger partial charge on any atom is -0.359 e. The number of anilines is 1. The van der Waals surface area contributed by atoms with Crippen LogP contribution >= 0.6 is 11.6 Å². The first kappa shape index (κ1) is 23.9. The number of nitrogens with zero attached hydrogens (tertiary/aromatic N) is 6. The molecule has 3 heterocycles. The van der Waals surface area contributed by atoms with Crippen LogP contribution in [0.15, 0.2) is 59.7 Å². The standard InChI is InChI=1S/C21H18ClF2N9O2/c22-16-10-27-19(28-12-21(23,24)15-7-3-4-8-25-15)20(35)33(16)11-17(34)26-9-13-5-1-2-6-14(13)18-29-31-32-30-18/h1-8,10H,9,11-12H2,(H,26,34)(H,27,28)(H,29,30,31,32). The number of nitrogens with one attached hydrogen (secondary N) is 3. The Balaban J connectivity index is 1.43. The summed E-state index contributed by atoms with van der Waals surface area (Å²) in [5, 5.41) is 18.7. The van der Waals surface area contributed by atoms with Crippen LogP contribution in [-0.2, 0) is 23.8 Å². The highest BCUT2D eigenvalue weighted by Gasteiger charge is 2.33. The number of H-pyrrole nitrogens is 1. The average Bonchev–Trinajstić information content (AvgIpc) is 3.40. The molecule has 0 atom stereocenters. The number of carbonyl (C=O) groups excluding carboxylic acids is 1. The molecule has 1 aromatic carbocycles. The quantitative estimate of drug-likeness (QED) is 0.316. The SMILES string of the molecule is O=C(Cn1c(Cl)cnc(NCC(F)(F)c2ccccn2)c1=O)NCc1ccccc1-c1nn[nH]n1. The van der Waals surface area contributed by atoms with Gasteiger partial charge in [-0.3, -0.25) is 19.1 Å². The third-order valence-electron chi connectivity index (χ3n) is 4.90. The van der Waals surface area contributed by atoms with Gasteiger partial charge in [-0.15, -0.1) is 10.2 Å². The molecule has 4 aromatic rings. The molecule has 180 valence electrons. The normalized spacial score (nSPS) is 11.3. The maximum Gasteiger partial charge on any atom is 0.306 e. The van der Waals surface area contributed by atoms with E-state index in [1.807, 2.05) is 0 Å². The predicted molar refractivity (Wildman–Crippen MR) is 122 cm³/mol. The maximum absolute atomic E-state index is 14.4. The molecule has 0 aliphatic heterocycles. The van der Waals surface area contributed by atoms with Crippen molar-refractivity contribution < 1.29 is 13.6 Å². The first-order valence-corrected chi connectivity index (χ1v) is 10.6. The van der Waals surface area contributed by atoms with Gasteiger partial charge in [-0.1, -0.05) is 41.9 Å². The van der Waals surface area contributed by atoms with Gasteiger partial charge in [0, 0.05) is 18.3 Å². The predicted octanol–water partition coefficient (Wildman–Crippen LogP) is 1.99. The molecule has 3 aromatic heterocycles. The molecule has 3 N–H and O–H groups in total. The van der Waals surface area contributed by atoms with Gasteiger partial charge in [-0.25, -0.2) is 4.98 Å². The van der Waals surface area contributed by atoms with Crippen molar-refractivity contribution >= 4 is 23.3 Å². The Bertz CT molecular complexity index is 1360. The van der Waals surface area contributed by atoms with Crippen LogP contribution in [0.2, 0.25) is 5.15 Å². The molecule has 0 saturated heterocycles. The van der Waals surface area contributed by atoms with Gasteiger partial charge in [0.25, 0.3) is 5.56 Å². The van der Waals surface area contributed by atoms with Gasteiger partial charge in [0.05, 0.1) is 12.7 Å². The van der Waals surface area contributed by atoms with Crippen molar-refractivity contribution in [3.05, 3.63) is 81.6 Å². The van der Waals surface area contributed by atoms with Crippen LogP contribution in [0.3, 0.4) is 0 Å². The van der Waals surface area contributed by atoms with E-state index in [9.17, 15) is 18.4 Å². The fraction of sp³-hybridized carbons (Fsp3) is 0.190. The molecule has 0 spiro atoms. The van der Waals surface area contributed by atoms with E-state index in [1.165, 1.54) is 24.4 Å². The van der Waals surface area contributed by atoms with Gasteiger partial charge in [-0.2, -0.15) is 14.0 Å². The lowest BCUT2D eigenvalue weighted by molar-refractivity contribution is -0.121. The number of hydrogen-bond acceptors (Lipinski definition) is 8. The number of amides is 1. The smallest absolute Gasteiger partial charge is 0.306 e. The van der Waals surface area contributed by atoms with Gasteiger partial charge >= 0.3 is 5.92 Å². The zero-order valence-corrected chi connectivity index (χ0v) is 18.7. The largest absolute Gasteiger partial charge is 0.359 e. The van der Waals surface area contributed by atoms with E-state index in [2.05, 4.69) is 41.2 Å². The van der Waals surface area contributed by atoms with Gasteiger partial charge < -0.3 is 10.6 Å². The molecular weight excluding hydrogens is 484 g/mol. The summed E-state index contributed by atoms with van der Waals surface area (Å²) in [5.74, 6) is -3.90. The molecule has 0 aliphatic rings. The van der Waals surface area contributed by atoms with E-state index in [-0.39, 0.29) is 17.5 Å². The summed E-state index contributed by atoms with van der Waals surface area (Å²) >= 11 is 6.05. The fourth-order valence-corrected chi connectivity index (χ4v) is 3.35. The number of alkyl halides is 2. The number of aromatic nitrogens is 7. The summed E-state index contributed by atoms with van der Waals surface area (Å²) in [6, 6.07) is 11.3. The van der Waals surface area contributed by atoms with Crippen molar-refractivity contribution in [2.24, 2.45) is 0 Å². The Labute approximate surface area is 201 Å². The average molecular weight is 502 g/mol. The van der Waals surface area contributed by atoms with Crippen LogP contribution in [0.1, 0.15) is 11.3 Å². The van der Waals surface area contributed by atoms with Crippen molar-refractivity contribution in [2.45, 2.75) is 19.0 Å². The van der Waals surface area contributed by atoms with E-state index in [0.29, 0.717) is 11.4 Å². The molecule has 4 rings (SSSR count). The first-order chi connectivity index (χ1) is 16.8. The number of hydrogen-bond donors (Lipinski definition) is 3. The van der Waals surface area contributed by atoms with E-state index in [1.54, 1.807) is 24.3 Å². The van der Waals surface area contributed by atoms with E-state index < -0.39 is 36.2 Å². The van der Waals surface area contributed by atoms with Crippen molar-refractivity contribution in [3.63, 3.8) is 0 Å². The molecule has 1 amide bonds. The lowest BCUT2D eigenvalue weighted by Crippen LogP contribution is -2.35. The number of tetrazole rings is 1. The summed E-state index contributed by atoms with van der Waals surface area (Å²) < 4.78 is 29.7. The van der Waals surface area contributed by atoms with E-state index in [0.717, 1.165) is 16.3 Å². The lowest BCUT2D eigenvalue weighted by Gasteiger charge is -2.17. The second-order valence-electron chi connectivity index (χ2n) is 7.26. The zero-order valence-electron chi connectivity index (χ0n) is 18.0. The van der Waals surface area contributed by atoms with E-state index >= 15 is 0 Å². The van der Waals surface area contributed by atoms with Gasteiger partial charge in [0.1, 0.15) is 17.4 Å². The maximum atomic E-state index is 14.4. The van der Waals surface area contributed by atoms with E-state index in [4.69, 9.17) is 11.6 Å². The molecule has 0 saturated carbocycles. The van der Waals surface area contributed by atoms with Crippen LogP contribution in [0, 0.1) is 0 Å². The fourth-order valence-electron chi connectivity index (χ4n) is 3.16. The number of aromatic amines is 1. The number of halogens is 3. The van der Waals surface area contributed by atoms with Crippen molar-refractivity contribution in [1.82, 2.24) is 40.5 Å². The molecule has 0 fully saturated rings. The van der Waals surface area contributed by atoms with Crippen molar-refractivity contribution in [2.75, 3.05) is 11.9 Å². The Morgan fingerprint density at radius 1 is 1.14 bits per heavy atom. The summed E-state index contributed by atoms with van der Waals surface area (Å²) in [7, 11) is 0. The molecule has 11 nitrogen and oxygen atoms in total. The minimum atomic E-state index is -3.36. The Morgan fingerprint density at radius 2 is 1.94 bits per heavy atom. The van der Waals surface area contributed by atoms with Gasteiger partial charge in [-0.05, 0) is 22.9 Å². The molecule has 0 bridgehead atoms. The summed E-state index contributed by atoms with van der Waals surface area (Å²) in [5.41, 5.74) is 0.106. The Morgan fingerprint density at radius 3 is 2.69 bits per heavy atom. The molecule has 0 aliphatic carbocycles. The summed E-state index contributed by atoms with van der Waals surface area (Å²) in [6.07, 6.45) is 2.35.